The molecule has 0 aromatic heterocycles. The number of anilines is 1. The van der Waals surface area contributed by atoms with Gasteiger partial charge in [-0.2, -0.15) is 0 Å². The Bertz CT molecular complexity index is 309. The minimum atomic E-state index is -0.186. The molecule has 0 atom stereocenters. The quantitative estimate of drug-likeness (QED) is 0.747. The number of halogens is 1. The third-order valence-electron chi connectivity index (χ3n) is 2.66. The summed E-state index contributed by atoms with van der Waals surface area (Å²) >= 11 is 0. The monoisotopic (exact) mass is 238 g/mol. The highest BCUT2D eigenvalue weighted by molar-refractivity contribution is 5.42. The second-order valence-corrected chi connectivity index (χ2v) is 4.28. The van der Waals surface area contributed by atoms with E-state index in [0.29, 0.717) is 0 Å². The molecular formula is C14H23FN2. The Kier molecular flexibility index (Phi) is 6.63. The van der Waals surface area contributed by atoms with Gasteiger partial charge < -0.3 is 10.2 Å². The fourth-order valence-electron chi connectivity index (χ4n) is 1.92. The molecule has 0 saturated carbocycles. The van der Waals surface area contributed by atoms with Crippen molar-refractivity contribution >= 4 is 5.69 Å². The van der Waals surface area contributed by atoms with Crippen molar-refractivity contribution in [3.63, 3.8) is 0 Å². The summed E-state index contributed by atoms with van der Waals surface area (Å²) in [6.07, 6.45) is 2.36. The standard InChI is InChI=1S/C14H23FN2/c1-3-9-17(10-4-2)11-8-16-14-7-5-6-13(15)12-14/h5-7,12,16H,3-4,8-11H2,1-2H3. The molecule has 0 saturated heterocycles. The van der Waals surface area contributed by atoms with Crippen LogP contribution in [0.3, 0.4) is 0 Å². The molecule has 0 spiro atoms. The molecule has 0 radical (unpaired) electrons. The Morgan fingerprint density at radius 2 is 1.82 bits per heavy atom. The van der Waals surface area contributed by atoms with Crippen molar-refractivity contribution in [3.05, 3.63) is 30.1 Å². The normalized spacial score (nSPS) is 10.8. The van der Waals surface area contributed by atoms with E-state index in [1.165, 1.54) is 25.0 Å². The zero-order chi connectivity index (χ0) is 12.5. The van der Waals surface area contributed by atoms with E-state index in [1.807, 2.05) is 6.07 Å². The molecule has 0 heterocycles. The topological polar surface area (TPSA) is 15.3 Å². The largest absolute Gasteiger partial charge is 0.384 e. The number of rotatable bonds is 8. The number of nitrogens with one attached hydrogen (secondary N) is 1. The van der Waals surface area contributed by atoms with Crippen LogP contribution in [-0.4, -0.2) is 31.1 Å². The fourth-order valence-corrected chi connectivity index (χ4v) is 1.92. The van der Waals surface area contributed by atoms with Gasteiger partial charge in [0.25, 0.3) is 0 Å². The van der Waals surface area contributed by atoms with Gasteiger partial charge in [-0.05, 0) is 44.1 Å². The van der Waals surface area contributed by atoms with Gasteiger partial charge in [-0.25, -0.2) is 4.39 Å². The van der Waals surface area contributed by atoms with Gasteiger partial charge in [-0.15, -0.1) is 0 Å². The molecule has 0 aliphatic carbocycles. The molecule has 0 aliphatic rings. The van der Waals surface area contributed by atoms with Crippen LogP contribution in [0.25, 0.3) is 0 Å². The molecule has 17 heavy (non-hydrogen) atoms. The molecule has 1 rings (SSSR count). The van der Waals surface area contributed by atoms with E-state index < -0.39 is 0 Å². The Labute approximate surface area is 104 Å². The van der Waals surface area contributed by atoms with Crippen LogP contribution >= 0.6 is 0 Å². The Morgan fingerprint density at radius 3 is 2.41 bits per heavy atom. The van der Waals surface area contributed by atoms with E-state index in [1.54, 1.807) is 6.07 Å². The Balaban J connectivity index is 2.30. The van der Waals surface area contributed by atoms with Gasteiger partial charge in [0.05, 0.1) is 0 Å². The average Bonchev–Trinajstić information content (AvgIpc) is 2.30. The number of hydrogen-bond donors (Lipinski definition) is 1. The minimum absolute atomic E-state index is 0.186. The summed E-state index contributed by atoms with van der Waals surface area (Å²) in [4.78, 5) is 2.44. The molecule has 0 unspecified atom stereocenters. The van der Waals surface area contributed by atoms with Crippen LogP contribution in [0, 0.1) is 5.82 Å². The van der Waals surface area contributed by atoms with Gasteiger partial charge in [0.15, 0.2) is 0 Å². The lowest BCUT2D eigenvalue weighted by atomic mass is 10.3. The smallest absolute Gasteiger partial charge is 0.125 e. The van der Waals surface area contributed by atoms with Gasteiger partial charge in [-0.1, -0.05) is 19.9 Å². The third kappa shape index (κ3) is 5.68. The lowest BCUT2D eigenvalue weighted by Crippen LogP contribution is -2.30. The number of nitrogens with zero attached hydrogens (tertiary/aromatic N) is 1. The van der Waals surface area contributed by atoms with Crippen molar-refractivity contribution in [2.24, 2.45) is 0 Å². The predicted octanol–water partition coefficient (Wildman–Crippen LogP) is 3.36. The second-order valence-electron chi connectivity index (χ2n) is 4.28. The van der Waals surface area contributed by atoms with Crippen LogP contribution in [0.15, 0.2) is 24.3 Å². The van der Waals surface area contributed by atoms with Crippen molar-refractivity contribution in [2.45, 2.75) is 26.7 Å². The molecule has 0 fully saturated rings. The molecule has 1 aromatic rings. The summed E-state index contributed by atoms with van der Waals surface area (Å²) in [5.74, 6) is -0.186. The molecule has 2 nitrogen and oxygen atoms in total. The van der Waals surface area contributed by atoms with Gasteiger partial charge >= 0.3 is 0 Å². The summed E-state index contributed by atoms with van der Waals surface area (Å²) in [7, 11) is 0. The van der Waals surface area contributed by atoms with Crippen LogP contribution in [0.4, 0.5) is 10.1 Å². The van der Waals surface area contributed by atoms with E-state index in [2.05, 4.69) is 24.1 Å². The first kappa shape index (κ1) is 14.0. The summed E-state index contributed by atoms with van der Waals surface area (Å²) in [6, 6.07) is 6.62. The third-order valence-corrected chi connectivity index (χ3v) is 2.66. The summed E-state index contributed by atoms with van der Waals surface area (Å²) < 4.78 is 12.9. The molecule has 0 amide bonds. The average molecular weight is 238 g/mol. The van der Waals surface area contributed by atoms with Crippen LogP contribution in [0.1, 0.15) is 26.7 Å². The maximum absolute atomic E-state index is 12.9. The molecule has 3 heteroatoms. The molecule has 96 valence electrons. The van der Waals surface area contributed by atoms with Gasteiger partial charge in [0, 0.05) is 18.8 Å². The maximum atomic E-state index is 12.9. The zero-order valence-electron chi connectivity index (χ0n) is 10.9. The van der Waals surface area contributed by atoms with Crippen molar-refractivity contribution in [2.75, 3.05) is 31.5 Å². The summed E-state index contributed by atoms with van der Waals surface area (Å²) in [5.41, 5.74) is 0.859. The van der Waals surface area contributed by atoms with Gasteiger partial charge in [0.2, 0.25) is 0 Å². The van der Waals surface area contributed by atoms with Gasteiger partial charge in [-0.3, -0.25) is 0 Å². The van der Waals surface area contributed by atoms with Crippen molar-refractivity contribution < 1.29 is 4.39 Å². The highest BCUT2D eigenvalue weighted by Gasteiger charge is 2.01. The number of hydrogen-bond acceptors (Lipinski definition) is 2. The van der Waals surface area contributed by atoms with E-state index in [9.17, 15) is 4.39 Å². The van der Waals surface area contributed by atoms with E-state index in [0.717, 1.165) is 31.9 Å². The molecular weight excluding hydrogens is 215 g/mol. The maximum Gasteiger partial charge on any atom is 0.125 e. The summed E-state index contributed by atoms with van der Waals surface area (Å²) in [5, 5.41) is 3.25. The summed E-state index contributed by atoms with van der Waals surface area (Å²) in [6.45, 7) is 8.55. The molecule has 0 aliphatic heterocycles. The predicted molar refractivity (Wildman–Crippen MR) is 71.9 cm³/mol. The van der Waals surface area contributed by atoms with Crippen molar-refractivity contribution in [1.82, 2.24) is 4.90 Å². The first-order valence-electron chi connectivity index (χ1n) is 6.48. The van der Waals surface area contributed by atoms with E-state index >= 15 is 0 Å². The second kappa shape index (κ2) is 8.07. The lowest BCUT2D eigenvalue weighted by Gasteiger charge is -2.21. The molecule has 0 bridgehead atoms. The Morgan fingerprint density at radius 1 is 1.12 bits per heavy atom. The fraction of sp³-hybridized carbons (Fsp3) is 0.571. The van der Waals surface area contributed by atoms with Crippen LogP contribution < -0.4 is 5.32 Å². The first-order chi connectivity index (χ1) is 8.26. The van der Waals surface area contributed by atoms with Crippen LogP contribution in [0.2, 0.25) is 0 Å². The first-order valence-corrected chi connectivity index (χ1v) is 6.48. The SMILES string of the molecule is CCCN(CCC)CCNc1cccc(F)c1. The van der Waals surface area contributed by atoms with E-state index in [4.69, 9.17) is 0 Å². The highest BCUT2D eigenvalue weighted by Crippen LogP contribution is 2.08. The van der Waals surface area contributed by atoms with Gasteiger partial charge in [0.1, 0.15) is 5.82 Å². The molecule has 1 N–H and O–H groups in total. The molecule has 1 aromatic carbocycles. The van der Waals surface area contributed by atoms with Crippen LogP contribution in [-0.2, 0) is 0 Å². The zero-order valence-corrected chi connectivity index (χ0v) is 10.9. The number of benzene rings is 1. The van der Waals surface area contributed by atoms with E-state index in [-0.39, 0.29) is 5.82 Å². The highest BCUT2D eigenvalue weighted by atomic mass is 19.1. The van der Waals surface area contributed by atoms with Crippen molar-refractivity contribution in [1.29, 1.82) is 0 Å². The minimum Gasteiger partial charge on any atom is -0.384 e. The lowest BCUT2D eigenvalue weighted by molar-refractivity contribution is 0.285. The van der Waals surface area contributed by atoms with Crippen molar-refractivity contribution in [3.8, 4) is 0 Å². The Hall–Kier alpha value is -1.09. The van der Waals surface area contributed by atoms with Crippen LogP contribution in [0.5, 0.6) is 0 Å².